The number of thiazole rings is 1. The molecule has 0 aromatic carbocycles. The van der Waals surface area contributed by atoms with Gasteiger partial charge < -0.3 is 4.98 Å². The summed E-state index contributed by atoms with van der Waals surface area (Å²) >= 11 is 1.13. The summed E-state index contributed by atoms with van der Waals surface area (Å²) in [6.07, 6.45) is 0. The molecular weight excluding hydrogens is 174 g/mol. The first kappa shape index (κ1) is 8.97. The van der Waals surface area contributed by atoms with Crippen LogP contribution in [-0.4, -0.2) is 11.0 Å². The van der Waals surface area contributed by atoms with Crippen LogP contribution in [0.5, 0.6) is 0 Å². The molecule has 0 amide bonds. The number of nitriles is 1. The summed E-state index contributed by atoms with van der Waals surface area (Å²) in [6.45, 7) is 2.30. The molecule has 12 heavy (non-hydrogen) atoms. The Morgan fingerprint density at radius 1 is 1.92 bits per heavy atom. The van der Waals surface area contributed by atoms with Gasteiger partial charge in [0.2, 0.25) is 0 Å². The van der Waals surface area contributed by atoms with Gasteiger partial charge in [-0.05, 0) is 6.92 Å². The minimum atomic E-state index is -0.187. The van der Waals surface area contributed by atoms with E-state index in [1.807, 2.05) is 6.07 Å². The first-order valence-corrected chi connectivity index (χ1v) is 4.40. The molecule has 0 aliphatic heterocycles. The van der Waals surface area contributed by atoms with Crippen molar-refractivity contribution in [3.63, 3.8) is 0 Å². The van der Waals surface area contributed by atoms with E-state index in [0.29, 0.717) is 6.54 Å². The van der Waals surface area contributed by atoms with Crippen molar-refractivity contribution in [2.75, 3.05) is 0 Å². The molecule has 2 N–H and O–H groups in total. The molecule has 4 nitrogen and oxygen atoms in total. The van der Waals surface area contributed by atoms with Crippen molar-refractivity contribution in [1.29, 1.82) is 5.26 Å². The Hall–Kier alpha value is -1.12. The van der Waals surface area contributed by atoms with E-state index in [1.54, 1.807) is 12.3 Å². The van der Waals surface area contributed by atoms with Crippen molar-refractivity contribution in [3.8, 4) is 6.07 Å². The zero-order valence-electron chi connectivity index (χ0n) is 6.63. The van der Waals surface area contributed by atoms with Gasteiger partial charge in [0.25, 0.3) is 0 Å². The highest BCUT2D eigenvalue weighted by Gasteiger charge is 1.99. The Morgan fingerprint density at radius 2 is 2.67 bits per heavy atom. The fourth-order valence-corrected chi connectivity index (χ4v) is 1.29. The number of nitrogens with zero attached hydrogens (tertiary/aromatic N) is 1. The molecule has 0 spiro atoms. The fourth-order valence-electron chi connectivity index (χ4n) is 0.709. The molecule has 1 rings (SSSR count). The second-order valence-corrected chi connectivity index (χ2v) is 3.25. The third-order valence-corrected chi connectivity index (χ3v) is 2.08. The Kier molecular flexibility index (Phi) is 3.02. The van der Waals surface area contributed by atoms with E-state index in [9.17, 15) is 4.79 Å². The third kappa shape index (κ3) is 2.49. The monoisotopic (exact) mass is 183 g/mol. The van der Waals surface area contributed by atoms with Crippen LogP contribution in [0.1, 0.15) is 12.6 Å². The molecule has 0 aliphatic carbocycles. The standard InChI is InChI=1S/C7H9N3OS/c1-5(2-8)9-3-6-4-12-7(11)10-6/h4-5,9H,3H2,1H3,(H,10,11). The predicted octanol–water partition coefficient (Wildman–Crippen LogP) is 0.438. The zero-order valence-corrected chi connectivity index (χ0v) is 7.44. The van der Waals surface area contributed by atoms with Crippen LogP contribution in [0.15, 0.2) is 10.2 Å². The Bertz CT molecular complexity index is 335. The molecule has 1 aromatic heterocycles. The summed E-state index contributed by atoms with van der Waals surface area (Å²) in [4.78, 5) is 13.3. The average molecular weight is 183 g/mol. The third-order valence-electron chi connectivity index (χ3n) is 1.36. The zero-order chi connectivity index (χ0) is 8.97. The first-order valence-electron chi connectivity index (χ1n) is 3.52. The number of aromatic nitrogens is 1. The van der Waals surface area contributed by atoms with Crippen molar-refractivity contribution in [1.82, 2.24) is 10.3 Å². The quantitative estimate of drug-likeness (QED) is 0.714. The molecule has 0 aliphatic rings. The van der Waals surface area contributed by atoms with Crippen LogP contribution in [0.2, 0.25) is 0 Å². The van der Waals surface area contributed by atoms with Gasteiger partial charge in [0.1, 0.15) is 0 Å². The maximum absolute atomic E-state index is 10.7. The lowest BCUT2D eigenvalue weighted by molar-refractivity contribution is 0.634. The minimum absolute atomic E-state index is 0.0589. The molecular formula is C7H9N3OS. The minimum Gasteiger partial charge on any atom is -0.315 e. The van der Waals surface area contributed by atoms with Crippen molar-refractivity contribution >= 4 is 11.3 Å². The van der Waals surface area contributed by atoms with E-state index < -0.39 is 0 Å². The molecule has 0 fully saturated rings. The SMILES string of the molecule is CC(C#N)NCc1csc(=O)[nH]1. The summed E-state index contributed by atoms with van der Waals surface area (Å²) in [5.74, 6) is 0. The molecule has 5 heteroatoms. The van der Waals surface area contributed by atoms with E-state index in [-0.39, 0.29) is 10.9 Å². The molecule has 1 aromatic rings. The number of rotatable bonds is 3. The van der Waals surface area contributed by atoms with E-state index >= 15 is 0 Å². The predicted molar refractivity (Wildman–Crippen MR) is 46.9 cm³/mol. The Morgan fingerprint density at radius 3 is 3.17 bits per heavy atom. The number of H-pyrrole nitrogens is 1. The van der Waals surface area contributed by atoms with Gasteiger partial charge in [0.15, 0.2) is 0 Å². The maximum Gasteiger partial charge on any atom is 0.304 e. The lowest BCUT2D eigenvalue weighted by atomic mass is 10.3. The fraction of sp³-hybridized carbons (Fsp3) is 0.429. The summed E-state index contributed by atoms with van der Waals surface area (Å²) in [6, 6.07) is 1.86. The molecule has 1 heterocycles. The first-order chi connectivity index (χ1) is 5.72. The van der Waals surface area contributed by atoms with Gasteiger partial charge >= 0.3 is 4.87 Å². The van der Waals surface area contributed by atoms with Crippen LogP contribution in [0.3, 0.4) is 0 Å². The molecule has 1 atom stereocenters. The van der Waals surface area contributed by atoms with Crippen molar-refractivity contribution in [3.05, 3.63) is 20.7 Å². The van der Waals surface area contributed by atoms with Crippen LogP contribution in [0.4, 0.5) is 0 Å². The van der Waals surface area contributed by atoms with Crippen molar-refractivity contribution in [2.24, 2.45) is 0 Å². The molecule has 0 bridgehead atoms. The largest absolute Gasteiger partial charge is 0.315 e. The van der Waals surface area contributed by atoms with E-state index in [2.05, 4.69) is 10.3 Å². The van der Waals surface area contributed by atoms with Crippen molar-refractivity contribution < 1.29 is 0 Å². The maximum atomic E-state index is 10.7. The smallest absolute Gasteiger partial charge is 0.304 e. The number of aromatic amines is 1. The Balaban J connectivity index is 2.44. The number of nitrogens with one attached hydrogen (secondary N) is 2. The van der Waals surface area contributed by atoms with Crippen molar-refractivity contribution in [2.45, 2.75) is 19.5 Å². The lowest BCUT2D eigenvalue weighted by Gasteiger charge is -2.02. The molecule has 0 saturated carbocycles. The van der Waals surface area contributed by atoms with Crippen LogP contribution in [0, 0.1) is 11.3 Å². The number of hydrogen-bond donors (Lipinski definition) is 2. The van der Waals surface area contributed by atoms with Crippen LogP contribution >= 0.6 is 11.3 Å². The normalized spacial score (nSPS) is 12.3. The average Bonchev–Trinajstić information content (AvgIpc) is 2.47. The highest BCUT2D eigenvalue weighted by Crippen LogP contribution is 1.94. The number of hydrogen-bond acceptors (Lipinski definition) is 4. The summed E-state index contributed by atoms with van der Waals surface area (Å²) in [5.41, 5.74) is 0.826. The highest BCUT2D eigenvalue weighted by molar-refractivity contribution is 7.07. The topological polar surface area (TPSA) is 68.7 Å². The molecule has 0 radical (unpaired) electrons. The molecule has 64 valence electrons. The van der Waals surface area contributed by atoms with Gasteiger partial charge in [-0.3, -0.25) is 10.1 Å². The summed E-state index contributed by atoms with van der Waals surface area (Å²) < 4.78 is 0. The molecule has 0 saturated heterocycles. The summed E-state index contributed by atoms with van der Waals surface area (Å²) in [7, 11) is 0. The van der Waals surface area contributed by atoms with Crippen LogP contribution < -0.4 is 10.2 Å². The van der Waals surface area contributed by atoms with E-state index in [4.69, 9.17) is 5.26 Å². The van der Waals surface area contributed by atoms with E-state index in [0.717, 1.165) is 17.0 Å². The Labute approximate surface area is 73.9 Å². The molecule has 1 unspecified atom stereocenters. The second kappa shape index (κ2) is 4.04. The van der Waals surface area contributed by atoms with Crippen LogP contribution in [0.25, 0.3) is 0 Å². The van der Waals surface area contributed by atoms with Gasteiger partial charge in [-0.25, -0.2) is 0 Å². The van der Waals surface area contributed by atoms with Gasteiger partial charge in [-0.15, -0.1) is 0 Å². The lowest BCUT2D eigenvalue weighted by Crippen LogP contribution is -2.23. The van der Waals surface area contributed by atoms with E-state index in [1.165, 1.54) is 0 Å². The van der Waals surface area contributed by atoms with Gasteiger partial charge in [0.05, 0.1) is 12.1 Å². The van der Waals surface area contributed by atoms with Crippen LogP contribution in [-0.2, 0) is 6.54 Å². The highest BCUT2D eigenvalue weighted by atomic mass is 32.1. The summed E-state index contributed by atoms with van der Waals surface area (Å²) in [5, 5.41) is 13.1. The second-order valence-electron chi connectivity index (χ2n) is 2.41. The van der Waals surface area contributed by atoms with Gasteiger partial charge in [0, 0.05) is 17.6 Å². The van der Waals surface area contributed by atoms with Gasteiger partial charge in [-0.1, -0.05) is 11.3 Å². The van der Waals surface area contributed by atoms with Gasteiger partial charge in [-0.2, -0.15) is 5.26 Å².